The van der Waals surface area contributed by atoms with Crippen molar-refractivity contribution < 1.29 is 0 Å². The molecule has 6 rings (SSSR count). The van der Waals surface area contributed by atoms with E-state index in [0.29, 0.717) is 0 Å². The highest BCUT2D eigenvalue weighted by Crippen LogP contribution is 2.37. The molecule has 0 radical (unpaired) electrons. The van der Waals surface area contributed by atoms with E-state index in [1.807, 2.05) is 0 Å². The Morgan fingerprint density at radius 2 is 0.575 bits per heavy atom. The first-order chi connectivity index (χ1) is 19.5. The zero-order valence-corrected chi connectivity index (χ0v) is 23.3. The minimum Gasteiger partial charge on any atom is -0.311 e. The van der Waals surface area contributed by atoms with E-state index in [1.165, 1.54) is 50.1 Å². The minimum atomic E-state index is 1.13. The molecule has 0 amide bonds. The summed E-state index contributed by atoms with van der Waals surface area (Å²) in [6, 6.07) is 52.7. The molecule has 1 heteroatoms. The van der Waals surface area contributed by atoms with Crippen LogP contribution in [-0.2, 0) is 0 Å². The SMILES string of the molecule is Cc1cccc(-c2ccc(N(c3ccc(-c4cccc(C)c4)cc3)c3ccc(-c4cccc(C)c4)cc3)cc2)c1. The van der Waals surface area contributed by atoms with Crippen molar-refractivity contribution in [2.24, 2.45) is 0 Å². The summed E-state index contributed by atoms with van der Waals surface area (Å²) in [4.78, 5) is 2.33. The Kier molecular flexibility index (Phi) is 7.04. The van der Waals surface area contributed by atoms with Crippen LogP contribution in [-0.4, -0.2) is 0 Å². The van der Waals surface area contributed by atoms with E-state index < -0.39 is 0 Å². The lowest BCUT2D eigenvalue weighted by Crippen LogP contribution is -2.09. The molecule has 0 aliphatic heterocycles. The molecule has 0 saturated heterocycles. The number of hydrogen-bond acceptors (Lipinski definition) is 1. The molecule has 40 heavy (non-hydrogen) atoms. The summed E-state index contributed by atoms with van der Waals surface area (Å²) in [5.41, 5.74) is 14.6. The van der Waals surface area contributed by atoms with Gasteiger partial charge in [-0.2, -0.15) is 0 Å². The molecule has 0 aliphatic rings. The van der Waals surface area contributed by atoms with Crippen LogP contribution >= 0.6 is 0 Å². The molecule has 0 fully saturated rings. The molecular formula is C39H33N. The molecule has 0 aliphatic carbocycles. The number of benzene rings is 6. The molecule has 6 aromatic rings. The molecule has 0 saturated carbocycles. The van der Waals surface area contributed by atoms with Crippen LogP contribution in [0, 0.1) is 20.8 Å². The van der Waals surface area contributed by atoms with Gasteiger partial charge in [-0.3, -0.25) is 0 Å². The van der Waals surface area contributed by atoms with Gasteiger partial charge in [-0.1, -0.05) is 126 Å². The van der Waals surface area contributed by atoms with E-state index in [9.17, 15) is 0 Å². The highest BCUT2D eigenvalue weighted by atomic mass is 15.1. The Morgan fingerprint density at radius 3 is 0.825 bits per heavy atom. The van der Waals surface area contributed by atoms with Crippen molar-refractivity contribution in [3.05, 3.63) is 162 Å². The maximum atomic E-state index is 2.33. The van der Waals surface area contributed by atoms with Gasteiger partial charge >= 0.3 is 0 Å². The lowest BCUT2D eigenvalue weighted by molar-refractivity contribution is 1.28. The van der Waals surface area contributed by atoms with Crippen molar-refractivity contribution in [2.45, 2.75) is 20.8 Å². The molecule has 6 aromatic carbocycles. The smallest absolute Gasteiger partial charge is 0.0462 e. The van der Waals surface area contributed by atoms with E-state index in [2.05, 4.69) is 171 Å². The Morgan fingerprint density at radius 1 is 0.300 bits per heavy atom. The summed E-state index contributed by atoms with van der Waals surface area (Å²) in [5, 5.41) is 0. The van der Waals surface area contributed by atoms with E-state index in [-0.39, 0.29) is 0 Å². The van der Waals surface area contributed by atoms with E-state index in [1.54, 1.807) is 0 Å². The first kappa shape index (κ1) is 25.4. The van der Waals surface area contributed by atoms with Gasteiger partial charge in [0.05, 0.1) is 0 Å². The van der Waals surface area contributed by atoms with Gasteiger partial charge in [0, 0.05) is 17.1 Å². The first-order valence-corrected chi connectivity index (χ1v) is 13.8. The highest BCUT2D eigenvalue weighted by molar-refractivity contribution is 5.81. The molecule has 1 nitrogen and oxygen atoms in total. The number of hydrogen-bond donors (Lipinski definition) is 0. The Bertz CT molecular complexity index is 1530. The third-order valence-corrected chi connectivity index (χ3v) is 7.43. The Balaban J connectivity index is 1.39. The summed E-state index contributed by atoms with van der Waals surface area (Å²) in [6.07, 6.45) is 0. The van der Waals surface area contributed by atoms with Crippen LogP contribution in [0.15, 0.2) is 146 Å². The van der Waals surface area contributed by atoms with Crippen molar-refractivity contribution in [1.82, 2.24) is 0 Å². The minimum absolute atomic E-state index is 1.13. The molecule has 0 heterocycles. The molecule has 194 valence electrons. The third-order valence-electron chi connectivity index (χ3n) is 7.43. The van der Waals surface area contributed by atoms with Crippen LogP contribution in [0.3, 0.4) is 0 Å². The van der Waals surface area contributed by atoms with Gasteiger partial charge < -0.3 is 4.90 Å². The summed E-state index contributed by atoms with van der Waals surface area (Å²) >= 11 is 0. The second kappa shape index (κ2) is 11.1. The standard InChI is InChI=1S/C39H33N/c1-28-7-4-10-34(25-28)31-13-19-37(20-14-31)40(38-21-15-32(16-22-38)35-11-5-8-29(2)26-35)39-23-17-33(18-24-39)36-12-6-9-30(3)27-36/h4-27H,1-3H3. The average Bonchev–Trinajstić information content (AvgIpc) is 2.98. The fourth-order valence-electron chi connectivity index (χ4n) is 5.33. The summed E-state index contributed by atoms with van der Waals surface area (Å²) in [6.45, 7) is 6.42. The van der Waals surface area contributed by atoms with Crippen LogP contribution < -0.4 is 4.90 Å². The first-order valence-electron chi connectivity index (χ1n) is 13.8. The van der Waals surface area contributed by atoms with Crippen molar-refractivity contribution in [3.8, 4) is 33.4 Å². The molecular weight excluding hydrogens is 482 g/mol. The fourth-order valence-corrected chi connectivity index (χ4v) is 5.33. The molecule has 0 aromatic heterocycles. The van der Waals surface area contributed by atoms with Gasteiger partial charge in [0.1, 0.15) is 0 Å². The zero-order valence-electron chi connectivity index (χ0n) is 23.3. The third kappa shape index (κ3) is 5.46. The molecule has 0 spiro atoms. The van der Waals surface area contributed by atoms with Crippen molar-refractivity contribution in [1.29, 1.82) is 0 Å². The largest absolute Gasteiger partial charge is 0.311 e. The molecule has 0 N–H and O–H groups in total. The topological polar surface area (TPSA) is 3.24 Å². The summed E-state index contributed by atoms with van der Waals surface area (Å²) in [5.74, 6) is 0. The van der Waals surface area contributed by atoms with Crippen LogP contribution in [0.5, 0.6) is 0 Å². The van der Waals surface area contributed by atoms with Gasteiger partial charge in [0.15, 0.2) is 0 Å². The monoisotopic (exact) mass is 515 g/mol. The van der Waals surface area contributed by atoms with Crippen LogP contribution in [0.1, 0.15) is 16.7 Å². The number of aryl methyl sites for hydroxylation is 3. The van der Waals surface area contributed by atoms with Gasteiger partial charge in [-0.25, -0.2) is 0 Å². The maximum Gasteiger partial charge on any atom is 0.0462 e. The zero-order chi connectivity index (χ0) is 27.5. The van der Waals surface area contributed by atoms with E-state index in [4.69, 9.17) is 0 Å². The second-order valence-corrected chi connectivity index (χ2v) is 10.6. The number of anilines is 3. The lowest BCUT2D eigenvalue weighted by Gasteiger charge is -2.26. The predicted molar refractivity (Wildman–Crippen MR) is 172 cm³/mol. The normalized spacial score (nSPS) is 10.9. The lowest BCUT2D eigenvalue weighted by atomic mass is 10.0. The van der Waals surface area contributed by atoms with Crippen molar-refractivity contribution in [2.75, 3.05) is 4.90 Å². The average molecular weight is 516 g/mol. The van der Waals surface area contributed by atoms with Crippen molar-refractivity contribution in [3.63, 3.8) is 0 Å². The van der Waals surface area contributed by atoms with Gasteiger partial charge in [-0.15, -0.1) is 0 Å². The Hall–Kier alpha value is -4.88. The van der Waals surface area contributed by atoms with E-state index >= 15 is 0 Å². The molecule has 0 bridgehead atoms. The van der Waals surface area contributed by atoms with Crippen LogP contribution in [0.4, 0.5) is 17.1 Å². The second-order valence-electron chi connectivity index (χ2n) is 10.6. The highest BCUT2D eigenvalue weighted by Gasteiger charge is 2.14. The number of rotatable bonds is 6. The maximum absolute atomic E-state index is 2.33. The predicted octanol–water partition coefficient (Wildman–Crippen LogP) is 11.1. The summed E-state index contributed by atoms with van der Waals surface area (Å²) in [7, 11) is 0. The van der Waals surface area contributed by atoms with Crippen LogP contribution in [0.25, 0.3) is 33.4 Å². The summed E-state index contributed by atoms with van der Waals surface area (Å²) < 4.78 is 0. The van der Waals surface area contributed by atoms with Gasteiger partial charge in [0.2, 0.25) is 0 Å². The van der Waals surface area contributed by atoms with Crippen LogP contribution in [0.2, 0.25) is 0 Å². The van der Waals surface area contributed by atoms with Crippen molar-refractivity contribution >= 4 is 17.1 Å². The van der Waals surface area contributed by atoms with E-state index in [0.717, 1.165) is 17.1 Å². The van der Waals surface area contributed by atoms with Gasteiger partial charge in [-0.05, 0) is 90.6 Å². The molecule has 0 unspecified atom stereocenters. The quantitative estimate of drug-likeness (QED) is 0.213. The molecule has 0 atom stereocenters. The fraction of sp³-hybridized carbons (Fsp3) is 0.0769. The van der Waals surface area contributed by atoms with Gasteiger partial charge in [0.25, 0.3) is 0 Å². The number of nitrogens with zero attached hydrogens (tertiary/aromatic N) is 1. The Labute approximate surface area is 238 Å².